The highest BCUT2D eigenvalue weighted by atomic mass is 32.1. The van der Waals surface area contributed by atoms with Gasteiger partial charge in [-0.1, -0.05) is 41.7 Å². The van der Waals surface area contributed by atoms with Gasteiger partial charge in [-0.05, 0) is 54.1 Å². The first-order valence-electron chi connectivity index (χ1n) is 10.0. The molecule has 4 aromatic rings. The SMILES string of the molecule is O=C(NCc1ccccc1)c1ccc(NC(=O)c2nnc(COc3ccc(F)cc3)s2)cc1. The van der Waals surface area contributed by atoms with Crippen molar-refractivity contribution in [3.63, 3.8) is 0 Å². The number of hydrogen-bond acceptors (Lipinski definition) is 6. The van der Waals surface area contributed by atoms with Crippen molar-refractivity contribution in [2.75, 3.05) is 5.32 Å². The van der Waals surface area contributed by atoms with Gasteiger partial charge in [-0.15, -0.1) is 10.2 Å². The van der Waals surface area contributed by atoms with Crippen LogP contribution in [0.25, 0.3) is 0 Å². The van der Waals surface area contributed by atoms with Crippen molar-refractivity contribution in [3.05, 3.63) is 106 Å². The van der Waals surface area contributed by atoms with Gasteiger partial charge in [-0.25, -0.2) is 4.39 Å². The van der Waals surface area contributed by atoms with Crippen LogP contribution >= 0.6 is 11.3 Å². The number of carbonyl (C=O) groups excluding carboxylic acids is 2. The van der Waals surface area contributed by atoms with Gasteiger partial charge in [0.25, 0.3) is 11.8 Å². The minimum atomic E-state index is -0.415. The van der Waals surface area contributed by atoms with Crippen molar-refractivity contribution in [1.82, 2.24) is 15.5 Å². The lowest BCUT2D eigenvalue weighted by Gasteiger charge is -2.07. The van der Waals surface area contributed by atoms with Crippen molar-refractivity contribution in [2.45, 2.75) is 13.2 Å². The summed E-state index contributed by atoms with van der Waals surface area (Å²) in [5.41, 5.74) is 2.02. The molecule has 33 heavy (non-hydrogen) atoms. The zero-order valence-corrected chi connectivity index (χ0v) is 18.1. The van der Waals surface area contributed by atoms with Crippen LogP contribution in [0.4, 0.5) is 10.1 Å². The molecule has 0 aliphatic heterocycles. The molecule has 3 aromatic carbocycles. The Morgan fingerprint density at radius 2 is 1.61 bits per heavy atom. The van der Waals surface area contributed by atoms with Gasteiger partial charge < -0.3 is 15.4 Å². The van der Waals surface area contributed by atoms with Gasteiger partial charge in [-0.3, -0.25) is 9.59 Å². The van der Waals surface area contributed by atoms with E-state index >= 15 is 0 Å². The van der Waals surface area contributed by atoms with E-state index < -0.39 is 5.91 Å². The molecular weight excluding hydrogens is 443 g/mol. The molecule has 1 heterocycles. The lowest BCUT2D eigenvalue weighted by atomic mass is 10.1. The minimum absolute atomic E-state index is 0.114. The fourth-order valence-electron chi connectivity index (χ4n) is 2.85. The predicted octanol–water partition coefficient (Wildman–Crippen LogP) is 4.44. The molecule has 0 unspecified atom stereocenters. The van der Waals surface area contributed by atoms with E-state index in [4.69, 9.17) is 4.74 Å². The third kappa shape index (κ3) is 6.20. The van der Waals surface area contributed by atoms with Gasteiger partial charge in [-0.2, -0.15) is 0 Å². The Labute approximate surface area is 193 Å². The van der Waals surface area contributed by atoms with E-state index in [2.05, 4.69) is 20.8 Å². The number of hydrogen-bond donors (Lipinski definition) is 2. The Kier molecular flexibility index (Phi) is 7.01. The standard InChI is InChI=1S/C24H19FN4O3S/c25-18-8-12-20(13-9-18)32-15-21-28-29-24(33-21)23(31)27-19-10-6-17(7-11-19)22(30)26-14-16-4-2-1-3-5-16/h1-13H,14-15H2,(H,26,30)(H,27,31). The number of ether oxygens (including phenoxy) is 1. The Morgan fingerprint density at radius 3 is 2.33 bits per heavy atom. The second-order valence-electron chi connectivity index (χ2n) is 6.94. The van der Waals surface area contributed by atoms with E-state index in [1.807, 2.05) is 30.3 Å². The molecule has 1 aromatic heterocycles. The van der Waals surface area contributed by atoms with E-state index in [-0.39, 0.29) is 23.3 Å². The summed E-state index contributed by atoms with van der Waals surface area (Å²) < 4.78 is 18.5. The third-order valence-corrected chi connectivity index (χ3v) is 5.43. The van der Waals surface area contributed by atoms with Crippen LogP contribution < -0.4 is 15.4 Å². The number of nitrogens with one attached hydrogen (secondary N) is 2. The monoisotopic (exact) mass is 462 g/mol. The summed E-state index contributed by atoms with van der Waals surface area (Å²) in [4.78, 5) is 24.8. The van der Waals surface area contributed by atoms with Crippen molar-refractivity contribution < 1.29 is 18.7 Å². The van der Waals surface area contributed by atoms with E-state index in [1.165, 1.54) is 24.3 Å². The number of benzene rings is 3. The van der Waals surface area contributed by atoms with Crippen LogP contribution in [0.3, 0.4) is 0 Å². The highest BCUT2D eigenvalue weighted by molar-refractivity contribution is 7.13. The van der Waals surface area contributed by atoms with Crippen LogP contribution in [0, 0.1) is 5.82 Å². The molecule has 0 atom stereocenters. The van der Waals surface area contributed by atoms with Gasteiger partial charge in [0.15, 0.2) is 5.01 Å². The molecule has 0 aliphatic rings. The average Bonchev–Trinajstić information content (AvgIpc) is 3.33. The summed E-state index contributed by atoms with van der Waals surface area (Å²) in [6.45, 7) is 0.547. The first-order chi connectivity index (χ1) is 16.1. The largest absolute Gasteiger partial charge is 0.486 e. The van der Waals surface area contributed by atoms with Crippen LogP contribution in [0.5, 0.6) is 5.75 Å². The van der Waals surface area contributed by atoms with Crippen molar-refractivity contribution in [3.8, 4) is 5.75 Å². The minimum Gasteiger partial charge on any atom is -0.486 e. The van der Waals surface area contributed by atoms with Gasteiger partial charge in [0.05, 0.1) is 0 Å². The Bertz CT molecular complexity index is 1230. The van der Waals surface area contributed by atoms with Crippen LogP contribution in [0.2, 0.25) is 0 Å². The first kappa shape index (κ1) is 22.1. The summed E-state index contributed by atoms with van der Waals surface area (Å²) in [7, 11) is 0. The molecule has 0 fully saturated rings. The molecule has 0 aliphatic carbocycles. The Morgan fingerprint density at radius 1 is 0.879 bits per heavy atom. The number of anilines is 1. The van der Waals surface area contributed by atoms with E-state index in [9.17, 15) is 14.0 Å². The second kappa shape index (κ2) is 10.5. The van der Waals surface area contributed by atoms with Gasteiger partial charge in [0.2, 0.25) is 5.01 Å². The molecule has 4 rings (SSSR count). The highest BCUT2D eigenvalue weighted by Crippen LogP contribution is 2.17. The zero-order chi connectivity index (χ0) is 23.0. The molecule has 2 N–H and O–H groups in total. The molecule has 0 bridgehead atoms. The Hall–Kier alpha value is -4.11. The maximum absolute atomic E-state index is 12.9. The smallest absolute Gasteiger partial charge is 0.286 e. The maximum atomic E-state index is 12.9. The number of amides is 2. The summed E-state index contributed by atoms with van der Waals surface area (Å²) in [5, 5.41) is 14.1. The van der Waals surface area contributed by atoms with Crippen LogP contribution in [0.15, 0.2) is 78.9 Å². The molecule has 166 valence electrons. The average molecular weight is 463 g/mol. The molecular formula is C24H19FN4O3S. The number of nitrogens with zero attached hydrogens (tertiary/aromatic N) is 2. The predicted molar refractivity (Wildman–Crippen MR) is 123 cm³/mol. The number of aromatic nitrogens is 2. The maximum Gasteiger partial charge on any atom is 0.286 e. The molecule has 7 nitrogen and oxygen atoms in total. The van der Waals surface area contributed by atoms with Crippen molar-refractivity contribution >= 4 is 28.8 Å². The molecule has 0 saturated heterocycles. The van der Waals surface area contributed by atoms with E-state index in [1.54, 1.807) is 24.3 Å². The second-order valence-corrected chi connectivity index (χ2v) is 8.01. The van der Waals surface area contributed by atoms with Gasteiger partial charge in [0, 0.05) is 17.8 Å². The van der Waals surface area contributed by atoms with Gasteiger partial charge in [0.1, 0.15) is 18.2 Å². The summed E-state index contributed by atoms with van der Waals surface area (Å²) >= 11 is 1.10. The van der Waals surface area contributed by atoms with E-state index in [0.717, 1.165) is 16.9 Å². The van der Waals surface area contributed by atoms with Crippen molar-refractivity contribution in [1.29, 1.82) is 0 Å². The Balaban J connectivity index is 1.28. The summed E-state index contributed by atoms with van der Waals surface area (Å²) in [6.07, 6.45) is 0. The fraction of sp³-hybridized carbons (Fsp3) is 0.0833. The van der Waals surface area contributed by atoms with Crippen LogP contribution in [-0.2, 0) is 13.2 Å². The first-order valence-corrected chi connectivity index (χ1v) is 10.8. The zero-order valence-electron chi connectivity index (χ0n) is 17.3. The number of halogens is 1. The highest BCUT2D eigenvalue weighted by Gasteiger charge is 2.14. The molecule has 0 radical (unpaired) electrons. The van der Waals surface area contributed by atoms with E-state index in [0.29, 0.717) is 28.6 Å². The topological polar surface area (TPSA) is 93.2 Å². The van der Waals surface area contributed by atoms with Crippen molar-refractivity contribution in [2.24, 2.45) is 0 Å². The van der Waals surface area contributed by atoms with Crippen LogP contribution in [0.1, 0.15) is 30.7 Å². The molecule has 0 saturated carbocycles. The molecule has 0 spiro atoms. The van der Waals surface area contributed by atoms with Crippen LogP contribution in [-0.4, -0.2) is 22.0 Å². The third-order valence-electron chi connectivity index (χ3n) is 4.54. The lowest BCUT2D eigenvalue weighted by molar-refractivity contribution is 0.0950. The molecule has 9 heteroatoms. The van der Waals surface area contributed by atoms with Gasteiger partial charge >= 0.3 is 0 Å². The normalized spacial score (nSPS) is 10.5. The number of carbonyl (C=O) groups is 2. The summed E-state index contributed by atoms with van der Waals surface area (Å²) in [6, 6.07) is 21.8. The number of rotatable bonds is 8. The molecule has 2 amide bonds. The lowest BCUT2D eigenvalue weighted by Crippen LogP contribution is -2.22. The summed E-state index contributed by atoms with van der Waals surface area (Å²) in [5.74, 6) is -0.475. The quantitative estimate of drug-likeness (QED) is 0.404. The fourth-order valence-corrected chi connectivity index (χ4v) is 3.50.